The molecule has 1 aliphatic rings. The molecule has 20 heavy (non-hydrogen) atoms. The van der Waals surface area contributed by atoms with Gasteiger partial charge in [0.1, 0.15) is 0 Å². The van der Waals surface area contributed by atoms with Crippen molar-refractivity contribution in [3.8, 4) is 0 Å². The zero-order valence-corrected chi connectivity index (χ0v) is 12.1. The van der Waals surface area contributed by atoms with E-state index in [0.717, 1.165) is 31.4 Å². The van der Waals surface area contributed by atoms with E-state index in [1.54, 1.807) is 0 Å². The van der Waals surface area contributed by atoms with Gasteiger partial charge in [-0.25, -0.2) is 0 Å². The first kappa shape index (κ1) is 15.0. The molecule has 1 saturated heterocycles. The first-order valence-electron chi connectivity index (χ1n) is 7.39. The van der Waals surface area contributed by atoms with E-state index in [-0.39, 0.29) is 18.1 Å². The molecule has 0 bridgehead atoms. The number of aliphatic hydroxyl groups excluding tert-OH is 1. The van der Waals surface area contributed by atoms with Crippen LogP contribution in [0, 0.1) is 0 Å². The van der Waals surface area contributed by atoms with Crippen molar-refractivity contribution in [3.05, 3.63) is 35.9 Å². The Labute approximate surface area is 120 Å². The molecule has 1 aromatic carbocycles. The minimum absolute atomic E-state index is 0.0291. The van der Waals surface area contributed by atoms with E-state index in [0.29, 0.717) is 13.1 Å². The van der Waals surface area contributed by atoms with Gasteiger partial charge in [-0.05, 0) is 31.9 Å². The number of hydrogen-bond donors (Lipinski definition) is 2. The monoisotopic (exact) mass is 276 g/mol. The lowest BCUT2D eigenvalue weighted by atomic mass is 9.98. The average molecular weight is 276 g/mol. The molecule has 0 saturated carbocycles. The molecule has 1 aromatic rings. The molecule has 0 radical (unpaired) electrons. The normalized spacial score (nSPS) is 21.4. The van der Waals surface area contributed by atoms with Crippen molar-refractivity contribution in [1.82, 2.24) is 10.2 Å². The van der Waals surface area contributed by atoms with Gasteiger partial charge in [-0.15, -0.1) is 0 Å². The summed E-state index contributed by atoms with van der Waals surface area (Å²) in [6.45, 7) is 3.65. The van der Waals surface area contributed by atoms with Crippen molar-refractivity contribution >= 4 is 5.91 Å². The summed E-state index contributed by atoms with van der Waals surface area (Å²) in [7, 11) is 0. The number of rotatable bonds is 5. The highest BCUT2D eigenvalue weighted by atomic mass is 16.3. The van der Waals surface area contributed by atoms with Crippen LogP contribution in [0.15, 0.2) is 30.3 Å². The molecule has 2 unspecified atom stereocenters. The first-order chi connectivity index (χ1) is 9.66. The molecular formula is C16H24N2O2. The average Bonchev–Trinajstić information content (AvgIpc) is 2.46. The standard InChI is InChI=1S/C16H24N2O2/c1-13(19)15-9-5-6-10-18(15)12-16(20)17-11-14-7-3-2-4-8-14/h2-4,7-8,13,15,19H,5-6,9-12H2,1H3,(H,17,20). The van der Waals surface area contributed by atoms with Gasteiger partial charge in [-0.1, -0.05) is 36.8 Å². The van der Waals surface area contributed by atoms with Crippen LogP contribution in [-0.4, -0.2) is 41.1 Å². The van der Waals surface area contributed by atoms with Crippen molar-refractivity contribution in [2.24, 2.45) is 0 Å². The van der Waals surface area contributed by atoms with Crippen LogP contribution in [0.2, 0.25) is 0 Å². The van der Waals surface area contributed by atoms with Crippen LogP contribution < -0.4 is 5.32 Å². The van der Waals surface area contributed by atoms with Gasteiger partial charge < -0.3 is 10.4 Å². The Bertz CT molecular complexity index is 420. The lowest BCUT2D eigenvalue weighted by molar-refractivity contribution is -0.124. The Morgan fingerprint density at radius 2 is 2.15 bits per heavy atom. The Kier molecular flexibility index (Phi) is 5.56. The third-order valence-corrected chi connectivity index (χ3v) is 3.90. The Morgan fingerprint density at radius 3 is 2.85 bits per heavy atom. The van der Waals surface area contributed by atoms with Gasteiger partial charge in [-0.2, -0.15) is 0 Å². The smallest absolute Gasteiger partial charge is 0.234 e. The molecule has 2 N–H and O–H groups in total. The lowest BCUT2D eigenvalue weighted by Gasteiger charge is -2.36. The summed E-state index contributed by atoms with van der Waals surface area (Å²) in [5, 5.41) is 12.7. The molecule has 1 fully saturated rings. The number of piperidine rings is 1. The van der Waals surface area contributed by atoms with Gasteiger partial charge in [0, 0.05) is 12.6 Å². The summed E-state index contributed by atoms with van der Waals surface area (Å²) >= 11 is 0. The quantitative estimate of drug-likeness (QED) is 0.857. The molecule has 1 amide bonds. The molecule has 2 rings (SSSR count). The van der Waals surface area contributed by atoms with Crippen LogP contribution in [0.3, 0.4) is 0 Å². The van der Waals surface area contributed by atoms with Gasteiger partial charge in [0.05, 0.1) is 12.6 Å². The maximum atomic E-state index is 12.0. The fraction of sp³-hybridized carbons (Fsp3) is 0.562. The lowest BCUT2D eigenvalue weighted by Crippen LogP contribution is -2.49. The summed E-state index contributed by atoms with van der Waals surface area (Å²) in [5.41, 5.74) is 1.10. The second-order valence-electron chi connectivity index (χ2n) is 5.54. The van der Waals surface area contributed by atoms with E-state index >= 15 is 0 Å². The maximum absolute atomic E-state index is 12.0. The van der Waals surface area contributed by atoms with Gasteiger partial charge in [0.25, 0.3) is 0 Å². The van der Waals surface area contributed by atoms with Gasteiger partial charge in [0.15, 0.2) is 0 Å². The van der Waals surface area contributed by atoms with Crippen molar-refractivity contribution in [1.29, 1.82) is 0 Å². The minimum Gasteiger partial charge on any atom is -0.392 e. The number of nitrogens with zero attached hydrogens (tertiary/aromatic N) is 1. The molecule has 4 nitrogen and oxygen atoms in total. The van der Waals surface area contributed by atoms with Gasteiger partial charge >= 0.3 is 0 Å². The fourth-order valence-corrected chi connectivity index (χ4v) is 2.80. The van der Waals surface area contributed by atoms with E-state index in [1.807, 2.05) is 37.3 Å². The van der Waals surface area contributed by atoms with Crippen LogP contribution in [0.25, 0.3) is 0 Å². The van der Waals surface area contributed by atoms with Crippen molar-refractivity contribution < 1.29 is 9.90 Å². The largest absolute Gasteiger partial charge is 0.392 e. The number of nitrogens with one attached hydrogen (secondary N) is 1. The number of likely N-dealkylation sites (tertiary alicyclic amines) is 1. The van der Waals surface area contributed by atoms with Crippen molar-refractivity contribution in [2.45, 2.75) is 44.9 Å². The highest BCUT2D eigenvalue weighted by Gasteiger charge is 2.27. The first-order valence-corrected chi connectivity index (χ1v) is 7.39. The van der Waals surface area contributed by atoms with Crippen LogP contribution in [0.5, 0.6) is 0 Å². The van der Waals surface area contributed by atoms with Crippen LogP contribution in [0.4, 0.5) is 0 Å². The second-order valence-corrected chi connectivity index (χ2v) is 5.54. The summed E-state index contributed by atoms with van der Waals surface area (Å²) in [6.07, 6.45) is 2.84. The highest BCUT2D eigenvalue weighted by Crippen LogP contribution is 2.19. The molecular weight excluding hydrogens is 252 g/mol. The summed E-state index contributed by atoms with van der Waals surface area (Å²) < 4.78 is 0. The second kappa shape index (κ2) is 7.41. The van der Waals surface area contributed by atoms with E-state index in [4.69, 9.17) is 0 Å². The number of benzene rings is 1. The zero-order chi connectivity index (χ0) is 14.4. The number of carbonyl (C=O) groups excluding carboxylic acids is 1. The Hall–Kier alpha value is -1.39. The molecule has 1 aliphatic heterocycles. The van der Waals surface area contributed by atoms with E-state index in [9.17, 15) is 9.90 Å². The van der Waals surface area contributed by atoms with E-state index in [1.165, 1.54) is 0 Å². The molecule has 4 heteroatoms. The Morgan fingerprint density at radius 1 is 1.40 bits per heavy atom. The molecule has 110 valence electrons. The van der Waals surface area contributed by atoms with Crippen molar-refractivity contribution in [2.75, 3.05) is 13.1 Å². The SMILES string of the molecule is CC(O)C1CCCCN1CC(=O)NCc1ccccc1. The topological polar surface area (TPSA) is 52.6 Å². The number of amides is 1. The molecule has 0 aliphatic carbocycles. The summed E-state index contributed by atoms with van der Waals surface area (Å²) in [5.74, 6) is 0.0291. The molecule has 2 atom stereocenters. The third kappa shape index (κ3) is 4.32. The number of hydrogen-bond acceptors (Lipinski definition) is 3. The maximum Gasteiger partial charge on any atom is 0.234 e. The predicted molar refractivity (Wildman–Crippen MR) is 79.2 cm³/mol. The number of aliphatic hydroxyl groups is 1. The minimum atomic E-state index is -0.378. The molecule has 1 heterocycles. The van der Waals surface area contributed by atoms with Crippen molar-refractivity contribution in [3.63, 3.8) is 0 Å². The predicted octanol–water partition coefficient (Wildman–Crippen LogP) is 1.54. The van der Waals surface area contributed by atoms with Gasteiger partial charge in [-0.3, -0.25) is 9.69 Å². The van der Waals surface area contributed by atoms with Crippen LogP contribution in [-0.2, 0) is 11.3 Å². The van der Waals surface area contributed by atoms with Crippen LogP contribution in [0.1, 0.15) is 31.7 Å². The highest BCUT2D eigenvalue weighted by molar-refractivity contribution is 5.78. The Balaban J connectivity index is 1.81. The third-order valence-electron chi connectivity index (χ3n) is 3.90. The summed E-state index contributed by atoms with van der Waals surface area (Å²) in [6, 6.07) is 10.0. The van der Waals surface area contributed by atoms with Gasteiger partial charge in [0.2, 0.25) is 5.91 Å². The number of carbonyl (C=O) groups is 1. The molecule has 0 spiro atoms. The zero-order valence-electron chi connectivity index (χ0n) is 12.1. The van der Waals surface area contributed by atoms with E-state index in [2.05, 4.69) is 10.2 Å². The van der Waals surface area contributed by atoms with E-state index < -0.39 is 0 Å². The summed E-state index contributed by atoms with van der Waals surface area (Å²) in [4.78, 5) is 14.1. The van der Waals surface area contributed by atoms with Crippen LogP contribution >= 0.6 is 0 Å². The fourth-order valence-electron chi connectivity index (χ4n) is 2.80. The molecule has 0 aromatic heterocycles.